The van der Waals surface area contributed by atoms with E-state index in [1.165, 1.54) is 10.8 Å². The van der Waals surface area contributed by atoms with E-state index in [9.17, 15) is 0 Å². The number of nitrogens with one attached hydrogen (secondary N) is 1. The summed E-state index contributed by atoms with van der Waals surface area (Å²) in [5.41, 5.74) is 1.32. The van der Waals surface area contributed by atoms with Crippen LogP contribution in [0.5, 0.6) is 0 Å². The Morgan fingerprint density at radius 3 is 2.24 bits per heavy atom. The molecule has 0 radical (unpaired) electrons. The van der Waals surface area contributed by atoms with Gasteiger partial charge in [-0.1, -0.05) is 49.1 Å². The molecule has 0 fully saturated rings. The molecule has 96 valence electrons. The summed E-state index contributed by atoms with van der Waals surface area (Å²) in [6.45, 7) is 10.7. The van der Waals surface area contributed by atoms with Gasteiger partial charge in [0.05, 0.1) is 14.2 Å². The fourth-order valence-electron chi connectivity index (χ4n) is 1.67. The summed E-state index contributed by atoms with van der Waals surface area (Å²) in [5.74, 6) is 0. The van der Waals surface area contributed by atoms with Crippen LogP contribution >= 0.6 is 0 Å². The largest absolute Gasteiger partial charge is 0.393 e. The second-order valence-electron chi connectivity index (χ2n) is 5.76. The van der Waals surface area contributed by atoms with Crippen LogP contribution < -0.4 is 10.5 Å². The predicted octanol–water partition coefficient (Wildman–Crippen LogP) is 2.09. The number of aliphatic hydroxyl groups excluding tert-OH is 1. The second kappa shape index (κ2) is 6.33. The van der Waals surface area contributed by atoms with E-state index in [1.54, 1.807) is 0 Å². The van der Waals surface area contributed by atoms with Crippen LogP contribution in [0.25, 0.3) is 0 Å². The van der Waals surface area contributed by atoms with E-state index in [0.717, 1.165) is 19.5 Å². The van der Waals surface area contributed by atoms with Crippen molar-refractivity contribution in [2.24, 2.45) is 0 Å². The van der Waals surface area contributed by atoms with Gasteiger partial charge in [0, 0.05) is 6.54 Å². The van der Waals surface area contributed by atoms with Gasteiger partial charge < -0.3 is 10.4 Å². The average Bonchev–Trinajstić information content (AvgIpc) is 2.23. The molecular weight excluding hydrogens is 226 g/mol. The summed E-state index contributed by atoms with van der Waals surface area (Å²) in [6, 6.07) is 8.95. The second-order valence-corrected chi connectivity index (χ2v) is 10.8. The van der Waals surface area contributed by atoms with Gasteiger partial charge in [-0.05, 0) is 25.5 Å². The molecule has 17 heavy (non-hydrogen) atoms. The molecule has 1 unspecified atom stereocenters. The van der Waals surface area contributed by atoms with E-state index in [1.807, 2.05) is 6.92 Å². The number of hydrogen-bond donors (Lipinski definition) is 2. The standard InChI is InChI=1S/C14H25NOSi/c1-12(16)9-10-15-11-13-5-7-14(8-6-13)17(2,3)4/h5-8,12,15-16H,9-11H2,1-4H3. The third-order valence-corrected chi connectivity index (χ3v) is 4.95. The van der Waals surface area contributed by atoms with Gasteiger partial charge >= 0.3 is 0 Å². The Morgan fingerprint density at radius 1 is 1.18 bits per heavy atom. The highest BCUT2D eigenvalue weighted by Crippen LogP contribution is 2.04. The first-order chi connectivity index (χ1) is 7.89. The molecule has 0 aliphatic heterocycles. The fraction of sp³-hybridized carbons (Fsp3) is 0.571. The lowest BCUT2D eigenvalue weighted by Gasteiger charge is -2.16. The zero-order chi connectivity index (χ0) is 12.9. The van der Waals surface area contributed by atoms with E-state index < -0.39 is 8.07 Å². The van der Waals surface area contributed by atoms with Crippen molar-refractivity contribution in [1.29, 1.82) is 0 Å². The van der Waals surface area contributed by atoms with Crippen molar-refractivity contribution in [3.05, 3.63) is 29.8 Å². The first-order valence-electron chi connectivity index (χ1n) is 6.38. The van der Waals surface area contributed by atoms with E-state index in [4.69, 9.17) is 5.11 Å². The summed E-state index contributed by atoms with van der Waals surface area (Å²) in [5, 5.41) is 14.0. The predicted molar refractivity (Wildman–Crippen MR) is 77.4 cm³/mol. The SMILES string of the molecule is CC(O)CCNCc1ccc([Si](C)(C)C)cc1. The minimum absolute atomic E-state index is 0.211. The highest BCUT2D eigenvalue weighted by molar-refractivity contribution is 6.88. The zero-order valence-electron chi connectivity index (χ0n) is 11.5. The molecule has 0 heterocycles. The summed E-state index contributed by atoms with van der Waals surface area (Å²) in [4.78, 5) is 0. The molecule has 0 saturated carbocycles. The van der Waals surface area contributed by atoms with Crippen molar-refractivity contribution in [2.75, 3.05) is 6.54 Å². The van der Waals surface area contributed by atoms with Crippen molar-refractivity contribution in [3.63, 3.8) is 0 Å². The maximum atomic E-state index is 9.14. The maximum Gasteiger partial charge on any atom is 0.0775 e. The lowest BCUT2D eigenvalue weighted by molar-refractivity contribution is 0.183. The van der Waals surface area contributed by atoms with E-state index in [-0.39, 0.29) is 6.10 Å². The molecule has 0 aliphatic carbocycles. The molecule has 1 rings (SSSR count). The Hall–Kier alpha value is -0.643. The highest BCUT2D eigenvalue weighted by Gasteiger charge is 2.15. The molecular formula is C14H25NOSi. The van der Waals surface area contributed by atoms with Crippen LogP contribution in [-0.4, -0.2) is 25.8 Å². The third kappa shape index (κ3) is 5.48. The van der Waals surface area contributed by atoms with Gasteiger partial charge in [0.25, 0.3) is 0 Å². The van der Waals surface area contributed by atoms with E-state index in [2.05, 4.69) is 49.2 Å². The van der Waals surface area contributed by atoms with Gasteiger partial charge in [-0.2, -0.15) is 0 Å². The van der Waals surface area contributed by atoms with Crippen molar-refractivity contribution in [1.82, 2.24) is 5.32 Å². The van der Waals surface area contributed by atoms with Crippen LogP contribution in [-0.2, 0) is 6.54 Å². The van der Waals surface area contributed by atoms with Gasteiger partial charge in [-0.3, -0.25) is 0 Å². The maximum absolute atomic E-state index is 9.14. The normalized spacial score (nSPS) is 13.7. The molecule has 2 nitrogen and oxygen atoms in total. The monoisotopic (exact) mass is 251 g/mol. The smallest absolute Gasteiger partial charge is 0.0775 e. The lowest BCUT2D eigenvalue weighted by Crippen LogP contribution is -2.37. The first-order valence-corrected chi connectivity index (χ1v) is 9.88. The summed E-state index contributed by atoms with van der Waals surface area (Å²) >= 11 is 0. The Kier molecular flexibility index (Phi) is 5.37. The molecule has 0 spiro atoms. The molecule has 2 N–H and O–H groups in total. The lowest BCUT2D eigenvalue weighted by atomic mass is 10.2. The fourth-order valence-corrected chi connectivity index (χ4v) is 2.83. The van der Waals surface area contributed by atoms with E-state index >= 15 is 0 Å². The summed E-state index contributed by atoms with van der Waals surface area (Å²) in [6.07, 6.45) is 0.601. The molecule has 0 amide bonds. The van der Waals surface area contributed by atoms with Gasteiger partial charge in [-0.15, -0.1) is 0 Å². The van der Waals surface area contributed by atoms with Gasteiger partial charge in [0.2, 0.25) is 0 Å². The van der Waals surface area contributed by atoms with Crippen LogP contribution in [0.3, 0.4) is 0 Å². The Labute approximate surface area is 106 Å². The minimum Gasteiger partial charge on any atom is -0.393 e. The Balaban J connectivity index is 2.41. The van der Waals surface area contributed by atoms with Gasteiger partial charge in [0.1, 0.15) is 0 Å². The molecule has 0 saturated heterocycles. The molecule has 3 heteroatoms. The van der Waals surface area contributed by atoms with Crippen molar-refractivity contribution >= 4 is 13.3 Å². The topological polar surface area (TPSA) is 32.3 Å². The molecule has 1 atom stereocenters. The van der Waals surface area contributed by atoms with Crippen LogP contribution in [0.2, 0.25) is 19.6 Å². The number of benzene rings is 1. The third-order valence-electron chi connectivity index (χ3n) is 2.89. The van der Waals surface area contributed by atoms with Crippen LogP contribution in [0.15, 0.2) is 24.3 Å². The number of aliphatic hydroxyl groups is 1. The molecule has 0 bridgehead atoms. The summed E-state index contributed by atoms with van der Waals surface area (Å²) in [7, 11) is -1.16. The van der Waals surface area contributed by atoms with Crippen molar-refractivity contribution in [2.45, 2.75) is 45.6 Å². The van der Waals surface area contributed by atoms with Crippen molar-refractivity contribution < 1.29 is 5.11 Å². The van der Waals surface area contributed by atoms with Crippen LogP contribution in [0.1, 0.15) is 18.9 Å². The molecule has 0 aromatic heterocycles. The van der Waals surface area contributed by atoms with Crippen molar-refractivity contribution in [3.8, 4) is 0 Å². The first kappa shape index (κ1) is 14.4. The van der Waals surface area contributed by atoms with Crippen LogP contribution in [0, 0.1) is 0 Å². The van der Waals surface area contributed by atoms with Crippen LogP contribution in [0.4, 0.5) is 0 Å². The summed E-state index contributed by atoms with van der Waals surface area (Å²) < 4.78 is 0. The average molecular weight is 251 g/mol. The highest BCUT2D eigenvalue weighted by atomic mass is 28.3. The zero-order valence-corrected chi connectivity index (χ0v) is 12.5. The number of hydrogen-bond acceptors (Lipinski definition) is 2. The Bertz CT molecular complexity index is 327. The molecule has 1 aromatic rings. The minimum atomic E-state index is -1.16. The Morgan fingerprint density at radius 2 is 1.76 bits per heavy atom. The quantitative estimate of drug-likeness (QED) is 0.599. The molecule has 0 aliphatic rings. The van der Waals surface area contributed by atoms with E-state index in [0.29, 0.717) is 0 Å². The van der Waals surface area contributed by atoms with Gasteiger partial charge in [0.15, 0.2) is 0 Å². The number of rotatable bonds is 6. The van der Waals surface area contributed by atoms with Gasteiger partial charge in [-0.25, -0.2) is 0 Å². The molecule has 1 aromatic carbocycles.